The Kier molecular flexibility index (Phi) is 4.06. The van der Waals surface area contributed by atoms with Crippen LogP contribution in [0.25, 0.3) is 0 Å². The highest BCUT2D eigenvalue weighted by Crippen LogP contribution is 2.27. The molecule has 1 aromatic heterocycles. The maximum absolute atomic E-state index is 12.3. The van der Waals surface area contributed by atoms with Crippen LogP contribution in [0, 0.1) is 5.92 Å². The molecule has 0 spiro atoms. The van der Waals surface area contributed by atoms with Gasteiger partial charge >= 0.3 is 5.97 Å². The number of carbonyl (C=O) groups is 2. The van der Waals surface area contributed by atoms with Gasteiger partial charge < -0.3 is 15.0 Å². The molecular weight excluding hydrogens is 291 g/mol. The lowest BCUT2D eigenvalue weighted by Crippen LogP contribution is -2.52. The van der Waals surface area contributed by atoms with E-state index in [2.05, 4.69) is 4.98 Å². The van der Waals surface area contributed by atoms with Crippen molar-refractivity contribution in [2.45, 2.75) is 25.8 Å². The molecule has 1 aliphatic heterocycles. The molecule has 1 aromatic rings. The average Bonchev–Trinajstić information content (AvgIpc) is 2.68. The molecule has 1 amide bonds. The number of amides is 1. The molecule has 5 nitrogen and oxygen atoms in total. The third-order valence-electron chi connectivity index (χ3n) is 3.40. The van der Waals surface area contributed by atoms with Crippen molar-refractivity contribution in [3.8, 4) is 0 Å². The summed E-state index contributed by atoms with van der Waals surface area (Å²) in [7, 11) is 0. The Balaban J connectivity index is 2.28. The minimum atomic E-state index is -0.982. The van der Waals surface area contributed by atoms with Gasteiger partial charge in [0.05, 0.1) is 5.02 Å². The van der Waals surface area contributed by atoms with E-state index in [0.29, 0.717) is 6.54 Å². The number of aliphatic carboxylic acids is 1. The second-order valence-corrected chi connectivity index (χ2v) is 5.53. The molecule has 7 heteroatoms. The molecule has 0 bridgehead atoms. The number of hydrogen-bond donors (Lipinski definition) is 2. The van der Waals surface area contributed by atoms with Crippen molar-refractivity contribution < 1.29 is 14.7 Å². The van der Waals surface area contributed by atoms with Crippen LogP contribution in [0.1, 0.15) is 30.3 Å². The molecule has 2 heterocycles. The van der Waals surface area contributed by atoms with Gasteiger partial charge in [-0.2, -0.15) is 0 Å². The number of H-pyrrole nitrogens is 1. The van der Waals surface area contributed by atoms with E-state index >= 15 is 0 Å². The van der Waals surface area contributed by atoms with Crippen LogP contribution < -0.4 is 0 Å². The summed E-state index contributed by atoms with van der Waals surface area (Å²) in [5.74, 6) is -1.44. The molecule has 1 saturated heterocycles. The van der Waals surface area contributed by atoms with E-state index in [1.807, 2.05) is 6.92 Å². The SMILES string of the molecule is CC1CCCN(C(=O)c2cc(Cl)c(Cl)[nH]2)C1C(=O)O. The summed E-state index contributed by atoms with van der Waals surface area (Å²) in [6.45, 7) is 2.27. The topological polar surface area (TPSA) is 73.4 Å². The number of piperidine rings is 1. The summed E-state index contributed by atoms with van der Waals surface area (Å²) in [6.07, 6.45) is 1.59. The fourth-order valence-electron chi connectivity index (χ4n) is 2.47. The van der Waals surface area contributed by atoms with Gasteiger partial charge in [-0.1, -0.05) is 30.1 Å². The smallest absolute Gasteiger partial charge is 0.326 e. The van der Waals surface area contributed by atoms with Gasteiger partial charge in [-0.3, -0.25) is 4.79 Å². The zero-order valence-electron chi connectivity index (χ0n) is 10.3. The second kappa shape index (κ2) is 5.43. The zero-order chi connectivity index (χ0) is 14.2. The summed E-state index contributed by atoms with van der Waals surface area (Å²) in [6, 6.07) is 0.617. The van der Waals surface area contributed by atoms with E-state index in [-0.39, 0.29) is 27.7 Å². The van der Waals surface area contributed by atoms with Crippen molar-refractivity contribution in [2.75, 3.05) is 6.54 Å². The van der Waals surface area contributed by atoms with Crippen molar-refractivity contribution in [1.29, 1.82) is 0 Å². The number of nitrogens with zero attached hydrogens (tertiary/aromatic N) is 1. The van der Waals surface area contributed by atoms with E-state index in [9.17, 15) is 14.7 Å². The molecule has 2 N–H and O–H groups in total. The number of nitrogens with one attached hydrogen (secondary N) is 1. The first kappa shape index (κ1) is 14.2. The highest BCUT2D eigenvalue weighted by atomic mass is 35.5. The number of rotatable bonds is 2. The van der Waals surface area contributed by atoms with Crippen molar-refractivity contribution in [3.63, 3.8) is 0 Å². The van der Waals surface area contributed by atoms with Crippen LogP contribution in [-0.2, 0) is 4.79 Å². The van der Waals surface area contributed by atoms with E-state index in [1.165, 1.54) is 11.0 Å². The van der Waals surface area contributed by atoms with Crippen molar-refractivity contribution in [2.24, 2.45) is 5.92 Å². The van der Waals surface area contributed by atoms with Gasteiger partial charge in [0.2, 0.25) is 0 Å². The summed E-state index contributed by atoms with van der Waals surface area (Å²) in [4.78, 5) is 27.7. The van der Waals surface area contributed by atoms with Gasteiger partial charge in [-0.25, -0.2) is 4.79 Å². The zero-order valence-corrected chi connectivity index (χ0v) is 11.8. The molecule has 19 heavy (non-hydrogen) atoms. The van der Waals surface area contributed by atoms with Gasteiger partial charge in [0.1, 0.15) is 16.9 Å². The Labute approximate surface area is 120 Å². The van der Waals surface area contributed by atoms with E-state index in [4.69, 9.17) is 23.2 Å². The molecule has 2 unspecified atom stereocenters. The standard InChI is InChI=1S/C12H14Cl2N2O3/c1-6-3-2-4-16(9(6)12(18)19)11(17)8-5-7(13)10(14)15-8/h5-6,9,15H,2-4H2,1H3,(H,18,19). The van der Waals surface area contributed by atoms with Crippen molar-refractivity contribution >= 4 is 35.1 Å². The minimum absolute atomic E-state index is 0.0730. The highest BCUT2D eigenvalue weighted by molar-refractivity contribution is 6.41. The number of aromatic nitrogens is 1. The lowest BCUT2D eigenvalue weighted by Gasteiger charge is -2.37. The van der Waals surface area contributed by atoms with Gasteiger partial charge in [-0.05, 0) is 24.8 Å². The van der Waals surface area contributed by atoms with Gasteiger partial charge in [0.15, 0.2) is 0 Å². The van der Waals surface area contributed by atoms with E-state index in [0.717, 1.165) is 12.8 Å². The molecule has 0 aliphatic carbocycles. The molecule has 0 radical (unpaired) electrons. The lowest BCUT2D eigenvalue weighted by atomic mass is 9.90. The monoisotopic (exact) mass is 304 g/mol. The third-order valence-corrected chi connectivity index (χ3v) is 4.10. The first-order chi connectivity index (χ1) is 8.91. The number of likely N-dealkylation sites (tertiary alicyclic amines) is 1. The lowest BCUT2D eigenvalue weighted by molar-refractivity contribution is -0.145. The third kappa shape index (κ3) is 2.72. The normalized spacial score (nSPS) is 23.4. The van der Waals surface area contributed by atoms with Gasteiger partial charge in [0.25, 0.3) is 5.91 Å². The Morgan fingerprint density at radius 3 is 2.68 bits per heavy atom. The molecule has 0 saturated carbocycles. The Hall–Kier alpha value is -1.20. The van der Waals surface area contributed by atoms with Crippen LogP contribution in [0.5, 0.6) is 0 Å². The summed E-state index contributed by atoms with van der Waals surface area (Å²) >= 11 is 11.6. The van der Waals surface area contributed by atoms with Gasteiger partial charge in [-0.15, -0.1) is 0 Å². The van der Waals surface area contributed by atoms with Gasteiger partial charge in [0, 0.05) is 6.54 Å². The number of carboxylic acids is 1. The maximum Gasteiger partial charge on any atom is 0.326 e. The first-order valence-electron chi connectivity index (χ1n) is 5.99. The van der Waals surface area contributed by atoms with E-state index < -0.39 is 12.0 Å². The number of hydrogen-bond acceptors (Lipinski definition) is 2. The maximum atomic E-state index is 12.3. The average molecular weight is 305 g/mol. The second-order valence-electron chi connectivity index (χ2n) is 4.75. The Bertz CT molecular complexity index is 496. The van der Waals surface area contributed by atoms with E-state index in [1.54, 1.807) is 0 Å². The van der Waals surface area contributed by atoms with Crippen LogP contribution in [0.2, 0.25) is 10.2 Å². The highest BCUT2D eigenvalue weighted by Gasteiger charge is 2.37. The fourth-order valence-corrected chi connectivity index (χ4v) is 2.78. The largest absolute Gasteiger partial charge is 0.480 e. The van der Waals surface area contributed by atoms with Crippen LogP contribution in [0.15, 0.2) is 6.07 Å². The Morgan fingerprint density at radius 1 is 1.47 bits per heavy atom. The Morgan fingerprint density at radius 2 is 2.16 bits per heavy atom. The number of aromatic amines is 1. The van der Waals surface area contributed by atoms with Crippen LogP contribution >= 0.6 is 23.2 Å². The predicted octanol–water partition coefficient (Wildman–Crippen LogP) is 2.65. The van der Waals surface area contributed by atoms with Crippen LogP contribution in [-0.4, -0.2) is 39.5 Å². The molecule has 1 aliphatic rings. The summed E-state index contributed by atoms with van der Waals surface area (Å²) in [5.41, 5.74) is 0.218. The molecule has 0 aromatic carbocycles. The summed E-state index contributed by atoms with van der Waals surface area (Å²) in [5, 5.41) is 9.71. The number of halogens is 2. The summed E-state index contributed by atoms with van der Waals surface area (Å²) < 4.78 is 0. The molecular formula is C12H14Cl2N2O3. The first-order valence-corrected chi connectivity index (χ1v) is 6.75. The number of carboxylic acid groups (broad SMARTS) is 1. The molecule has 2 rings (SSSR count). The van der Waals surface area contributed by atoms with Crippen LogP contribution in [0.3, 0.4) is 0 Å². The fraction of sp³-hybridized carbons (Fsp3) is 0.500. The number of carbonyl (C=O) groups excluding carboxylic acids is 1. The quantitative estimate of drug-likeness (QED) is 0.882. The van der Waals surface area contributed by atoms with Crippen LogP contribution in [0.4, 0.5) is 0 Å². The van der Waals surface area contributed by atoms with Crippen molar-refractivity contribution in [3.05, 3.63) is 21.9 Å². The molecule has 104 valence electrons. The molecule has 1 fully saturated rings. The molecule has 2 atom stereocenters. The van der Waals surface area contributed by atoms with Crippen molar-refractivity contribution in [1.82, 2.24) is 9.88 Å². The predicted molar refractivity (Wildman–Crippen MR) is 71.7 cm³/mol. The minimum Gasteiger partial charge on any atom is -0.480 e.